The number of benzene rings is 1. The summed E-state index contributed by atoms with van der Waals surface area (Å²) in [7, 11) is 1.48. The third-order valence-corrected chi connectivity index (χ3v) is 1.71. The van der Waals surface area contributed by atoms with Crippen molar-refractivity contribution < 1.29 is 10.0 Å². The Morgan fingerprint density at radius 3 is 2.79 bits per heavy atom. The number of hydrogen-bond acceptors (Lipinski definition) is 4. The number of nitrogens with two attached hydrogens (primary N) is 1. The minimum atomic E-state index is -0.679. The molecule has 14 heavy (non-hydrogen) atoms. The van der Waals surface area contributed by atoms with Gasteiger partial charge in [0.05, 0.1) is 4.92 Å². The molecule has 0 radical (unpaired) electrons. The molecule has 3 N–H and O–H groups in total. The van der Waals surface area contributed by atoms with Crippen molar-refractivity contribution in [2.45, 2.75) is 0 Å². The van der Waals surface area contributed by atoms with Crippen LogP contribution in [0.3, 0.4) is 0 Å². The lowest BCUT2D eigenvalue weighted by molar-refractivity contribution is -0.385. The van der Waals surface area contributed by atoms with Crippen LogP contribution in [0.15, 0.2) is 23.2 Å². The van der Waals surface area contributed by atoms with Crippen molar-refractivity contribution in [3.05, 3.63) is 33.9 Å². The Morgan fingerprint density at radius 1 is 1.64 bits per heavy atom. The molecule has 74 valence electrons. The SMILES string of the molecule is CN=C(N)c1ccc(O)c([N+](=O)[O-])c1. The van der Waals surface area contributed by atoms with Gasteiger partial charge >= 0.3 is 5.69 Å². The maximum Gasteiger partial charge on any atom is 0.311 e. The fraction of sp³-hybridized carbons (Fsp3) is 0.125. The number of rotatable bonds is 2. The normalized spacial score (nSPS) is 11.4. The maximum atomic E-state index is 10.4. The zero-order valence-corrected chi connectivity index (χ0v) is 7.47. The van der Waals surface area contributed by atoms with Crippen molar-refractivity contribution in [1.29, 1.82) is 0 Å². The minimum Gasteiger partial charge on any atom is -0.502 e. The summed E-state index contributed by atoms with van der Waals surface area (Å²) in [5.41, 5.74) is 5.49. The number of nitro benzene ring substituents is 1. The molecule has 0 atom stereocenters. The van der Waals surface area contributed by atoms with Crippen molar-refractivity contribution in [2.24, 2.45) is 10.7 Å². The summed E-state index contributed by atoms with van der Waals surface area (Å²) < 4.78 is 0. The molecule has 1 aromatic carbocycles. The first-order valence-electron chi connectivity index (χ1n) is 3.76. The molecule has 0 aromatic heterocycles. The number of phenolic OH excluding ortho intramolecular Hbond substituents is 1. The Balaban J connectivity index is 3.26. The van der Waals surface area contributed by atoms with E-state index in [9.17, 15) is 10.1 Å². The average Bonchev–Trinajstić information content (AvgIpc) is 2.17. The van der Waals surface area contributed by atoms with E-state index in [0.717, 1.165) is 0 Å². The summed E-state index contributed by atoms with van der Waals surface area (Å²) in [6.45, 7) is 0. The Labute approximate surface area is 79.8 Å². The third-order valence-electron chi connectivity index (χ3n) is 1.71. The highest BCUT2D eigenvalue weighted by molar-refractivity contribution is 5.98. The molecular weight excluding hydrogens is 186 g/mol. The number of amidine groups is 1. The highest BCUT2D eigenvalue weighted by Gasteiger charge is 2.14. The predicted octanol–water partition coefficient (Wildman–Crippen LogP) is 0.635. The van der Waals surface area contributed by atoms with Crippen LogP contribution in [0, 0.1) is 10.1 Å². The molecule has 0 unspecified atom stereocenters. The van der Waals surface area contributed by atoms with Gasteiger partial charge in [-0.05, 0) is 12.1 Å². The van der Waals surface area contributed by atoms with E-state index in [1.165, 1.54) is 25.2 Å². The van der Waals surface area contributed by atoms with Crippen molar-refractivity contribution in [2.75, 3.05) is 7.05 Å². The summed E-state index contributed by atoms with van der Waals surface area (Å²) in [5.74, 6) is -0.198. The molecule has 0 bridgehead atoms. The van der Waals surface area contributed by atoms with Gasteiger partial charge in [0.1, 0.15) is 5.84 Å². The molecule has 1 rings (SSSR count). The van der Waals surface area contributed by atoms with E-state index in [1.54, 1.807) is 0 Å². The number of nitro groups is 1. The van der Waals surface area contributed by atoms with E-state index in [1.807, 2.05) is 0 Å². The van der Waals surface area contributed by atoms with E-state index in [2.05, 4.69) is 4.99 Å². The van der Waals surface area contributed by atoms with Crippen LogP contribution in [-0.2, 0) is 0 Å². The molecular formula is C8H9N3O3. The largest absolute Gasteiger partial charge is 0.502 e. The quantitative estimate of drug-likeness (QED) is 0.313. The molecule has 0 fully saturated rings. The molecule has 6 nitrogen and oxygen atoms in total. The molecule has 0 aliphatic heterocycles. The van der Waals surface area contributed by atoms with Crippen molar-refractivity contribution >= 4 is 11.5 Å². The summed E-state index contributed by atoms with van der Waals surface area (Å²) in [6, 6.07) is 3.85. The smallest absolute Gasteiger partial charge is 0.311 e. The van der Waals surface area contributed by atoms with Gasteiger partial charge < -0.3 is 10.8 Å². The van der Waals surface area contributed by atoms with Crippen molar-refractivity contribution in [1.82, 2.24) is 0 Å². The average molecular weight is 195 g/mol. The van der Waals surface area contributed by atoms with Gasteiger partial charge in [0.2, 0.25) is 0 Å². The van der Waals surface area contributed by atoms with Crippen LogP contribution in [-0.4, -0.2) is 22.9 Å². The highest BCUT2D eigenvalue weighted by Crippen LogP contribution is 2.25. The minimum absolute atomic E-state index is 0.188. The third kappa shape index (κ3) is 1.79. The van der Waals surface area contributed by atoms with E-state index < -0.39 is 4.92 Å². The molecule has 6 heteroatoms. The van der Waals surface area contributed by atoms with Crippen LogP contribution in [0.2, 0.25) is 0 Å². The second-order valence-electron chi connectivity index (χ2n) is 2.57. The van der Waals surface area contributed by atoms with Crippen molar-refractivity contribution in [3.8, 4) is 5.75 Å². The topological polar surface area (TPSA) is 102 Å². The lowest BCUT2D eigenvalue weighted by Crippen LogP contribution is -2.12. The Morgan fingerprint density at radius 2 is 2.29 bits per heavy atom. The van der Waals surface area contributed by atoms with Gasteiger partial charge in [-0.2, -0.15) is 0 Å². The van der Waals surface area contributed by atoms with E-state index in [4.69, 9.17) is 10.8 Å². The Hall–Kier alpha value is -2.11. The summed E-state index contributed by atoms with van der Waals surface area (Å²) >= 11 is 0. The molecule has 0 saturated heterocycles. The van der Waals surface area contributed by atoms with E-state index >= 15 is 0 Å². The van der Waals surface area contributed by atoms with Gasteiger partial charge in [-0.25, -0.2) is 0 Å². The maximum absolute atomic E-state index is 10.4. The molecule has 0 saturated carbocycles. The van der Waals surface area contributed by atoms with Crippen LogP contribution >= 0.6 is 0 Å². The standard InChI is InChI=1S/C8H9N3O3/c1-10-8(9)5-2-3-7(12)6(4-5)11(13)14/h2-4,12H,1H3,(H2,9,10). The number of aliphatic imine (C=N–C) groups is 1. The molecule has 0 aliphatic rings. The van der Waals surface area contributed by atoms with Crippen LogP contribution < -0.4 is 5.73 Å². The molecule has 1 aromatic rings. The van der Waals surface area contributed by atoms with Gasteiger partial charge in [-0.1, -0.05) is 0 Å². The molecule has 0 heterocycles. The number of hydrogen-bond donors (Lipinski definition) is 2. The van der Waals surface area contributed by atoms with Gasteiger partial charge in [0.25, 0.3) is 0 Å². The van der Waals surface area contributed by atoms with Crippen LogP contribution in [0.4, 0.5) is 5.69 Å². The number of aromatic hydroxyl groups is 1. The lowest BCUT2D eigenvalue weighted by Gasteiger charge is -2.00. The Bertz CT molecular complexity index is 401. The van der Waals surface area contributed by atoms with Crippen LogP contribution in [0.5, 0.6) is 5.75 Å². The lowest BCUT2D eigenvalue weighted by atomic mass is 10.2. The summed E-state index contributed by atoms with van der Waals surface area (Å²) in [4.78, 5) is 13.5. The zero-order valence-electron chi connectivity index (χ0n) is 7.47. The fourth-order valence-electron chi connectivity index (χ4n) is 0.958. The second-order valence-corrected chi connectivity index (χ2v) is 2.57. The van der Waals surface area contributed by atoms with Crippen LogP contribution in [0.25, 0.3) is 0 Å². The second kappa shape index (κ2) is 3.73. The van der Waals surface area contributed by atoms with E-state index in [-0.39, 0.29) is 17.3 Å². The monoisotopic (exact) mass is 195 g/mol. The predicted molar refractivity (Wildman–Crippen MR) is 51.4 cm³/mol. The fourth-order valence-corrected chi connectivity index (χ4v) is 0.958. The van der Waals surface area contributed by atoms with E-state index in [0.29, 0.717) is 5.56 Å². The summed E-state index contributed by atoms with van der Waals surface area (Å²) in [5, 5.41) is 19.6. The zero-order chi connectivity index (χ0) is 10.7. The van der Waals surface area contributed by atoms with Gasteiger partial charge in [-0.15, -0.1) is 0 Å². The first kappa shape index (κ1) is 9.97. The van der Waals surface area contributed by atoms with Gasteiger partial charge in [-0.3, -0.25) is 15.1 Å². The molecule has 0 spiro atoms. The first-order valence-corrected chi connectivity index (χ1v) is 3.76. The first-order chi connectivity index (χ1) is 6.56. The van der Waals surface area contributed by atoms with Crippen molar-refractivity contribution in [3.63, 3.8) is 0 Å². The number of phenols is 1. The molecule has 0 aliphatic carbocycles. The summed E-state index contributed by atoms with van der Waals surface area (Å²) in [6.07, 6.45) is 0. The van der Waals surface area contributed by atoms with Crippen LogP contribution in [0.1, 0.15) is 5.56 Å². The highest BCUT2D eigenvalue weighted by atomic mass is 16.6. The van der Waals surface area contributed by atoms with Gasteiger partial charge in [0.15, 0.2) is 5.75 Å². The van der Waals surface area contributed by atoms with Gasteiger partial charge in [0, 0.05) is 18.7 Å². The number of nitrogens with zero attached hydrogens (tertiary/aromatic N) is 2. The molecule has 0 amide bonds. The Kier molecular flexibility index (Phi) is 2.66.